The maximum absolute atomic E-state index is 12.9. The third kappa shape index (κ3) is 4.56. The van der Waals surface area contributed by atoms with E-state index >= 15 is 0 Å². The number of rotatable bonds is 6. The number of benzene rings is 4. The minimum absolute atomic E-state index is 0.127. The Kier molecular flexibility index (Phi) is 5.74. The van der Waals surface area contributed by atoms with Crippen molar-refractivity contribution < 1.29 is 9.53 Å². The molecule has 4 aromatic carbocycles. The summed E-state index contributed by atoms with van der Waals surface area (Å²) in [5, 5.41) is 11.1. The molecule has 0 aliphatic heterocycles. The van der Waals surface area contributed by atoms with Crippen LogP contribution < -0.4 is 15.4 Å². The molecule has 5 aromatic rings. The fourth-order valence-electron chi connectivity index (χ4n) is 3.63. The molecular weight excluding hydrogens is 430 g/mol. The molecule has 33 heavy (non-hydrogen) atoms. The van der Waals surface area contributed by atoms with E-state index in [1.165, 1.54) is 11.3 Å². The van der Waals surface area contributed by atoms with Gasteiger partial charge in [0, 0.05) is 33.9 Å². The van der Waals surface area contributed by atoms with Crippen molar-refractivity contribution in [3.05, 3.63) is 102 Å². The molecule has 5 nitrogen and oxygen atoms in total. The van der Waals surface area contributed by atoms with Crippen molar-refractivity contribution in [1.82, 2.24) is 4.98 Å². The van der Waals surface area contributed by atoms with Gasteiger partial charge < -0.3 is 15.4 Å². The standard InChI is InChI=1S/C27H21N3O2S/c1-32-22-9-5-8-21(16-22)29-27-30-25(17-33-27)19-12-14-20(15-13-19)28-26(31)24-11-4-7-18-6-2-3-10-23(18)24/h2-17H,1H3,(H,28,31)(H,29,30). The fraction of sp³-hybridized carbons (Fsp3) is 0.0370. The topological polar surface area (TPSA) is 63.2 Å². The number of ether oxygens (including phenoxy) is 1. The number of carbonyl (C=O) groups excluding carboxylic acids is 1. The van der Waals surface area contributed by atoms with E-state index in [2.05, 4.69) is 15.6 Å². The summed E-state index contributed by atoms with van der Waals surface area (Å²) in [5.41, 5.74) is 4.17. The van der Waals surface area contributed by atoms with Gasteiger partial charge in [0.2, 0.25) is 0 Å². The molecular formula is C27H21N3O2S. The summed E-state index contributed by atoms with van der Waals surface area (Å²) in [4.78, 5) is 17.5. The molecule has 0 bridgehead atoms. The maximum Gasteiger partial charge on any atom is 0.256 e. The third-order valence-corrected chi connectivity index (χ3v) is 6.06. The second kappa shape index (κ2) is 9.14. The zero-order valence-corrected chi connectivity index (χ0v) is 18.7. The van der Waals surface area contributed by atoms with Crippen LogP contribution in [0.3, 0.4) is 0 Å². The predicted molar refractivity (Wildman–Crippen MR) is 136 cm³/mol. The van der Waals surface area contributed by atoms with Crippen LogP contribution in [0.2, 0.25) is 0 Å². The molecule has 1 amide bonds. The molecule has 0 fully saturated rings. The van der Waals surface area contributed by atoms with Crippen molar-refractivity contribution in [2.45, 2.75) is 0 Å². The number of anilines is 3. The lowest BCUT2D eigenvalue weighted by molar-refractivity contribution is 0.102. The van der Waals surface area contributed by atoms with E-state index in [0.717, 1.165) is 44.3 Å². The molecule has 0 aliphatic rings. The first kappa shape index (κ1) is 20.7. The number of thiazole rings is 1. The van der Waals surface area contributed by atoms with Crippen LogP contribution in [0.4, 0.5) is 16.5 Å². The van der Waals surface area contributed by atoms with Gasteiger partial charge in [0.15, 0.2) is 5.13 Å². The zero-order valence-electron chi connectivity index (χ0n) is 17.9. The first-order valence-electron chi connectivity index (χ1n) is 10.5. The van der Waals surface area contributed by atoms with Gasteiger partial charge in [-0.1, -0.05) is 54.6 Å². The molecule has 0 unspecified atom stereocenters. The fourth-order valence-corrected chi connectivity index (χ4v) is 4.37. The maximum atomic E-state index is 12.9. The SMILES string of the molecule is COc1cccc(Nc2nc(-c3ccc(NC(=O)c4cccc5ccccc45)cc3)cs2)c1. The van der Waals surface area contributed by atoms with Gasteiger partial charge in [-0.15, -0.1) is 11.3 Å². The third-order valence-electron chi connectivity index (χ3n) is 5.30. The van der Waals surface area contributed by atoms with Crippen LogP contribution in [0.25, 0.3) is 22.0 Å². The highest BCUT2D eigenvalue weighted by atomic mass is 32.1. The van der Waals surface area contributed by atoms with Gasteiger partial charge in [0.05, 0.1) is 12.8 Å². The molecule has 0 radical (unpaired) electrons. The monoisotopic (exact) mass is 451 g/mol. The zero-order chi connectivity index (χ0) is 22.6. The second-order valence-electron chi connectivity index (χ2n) is 7.45. The minimum Gasteiger partial charge on any atom is -0.497 e. The number of hydrogen-bond donors (Lipinski definition) is 2. The van der Waals surface area contributed by atoms with E-state index in [4.69, 9.17) is 4.74 Å². The highest BCUT2D eigenvalue weighted by molar-refractivity contribution is 7.14. The first-order chi connectivity index (χ1) is 16.2. The molecule has 0 saturated carbocycles. The lowest BCUT2D eigenvalue weighted by atomic mass is 10.0. The Bertz CT molecular complexity index is 1420. The van der Waals surface area contributed by atoms with Crippen molar-refractivity contribution in [2.75, 3.05) is 17.7 Å². The Labute approximate surface area is 195 Å². The van der Waals surface area contributed by atoms with Crippen LogP contribution in [0.1, 0.15) is 10.4 Å². The number of nitrogens with zero attached hydrogens (tertiary/aromatic N) is 1. The largest absolute Gasteiger partial charge is 0.497 e. The number of aromatic nitrogens is 1. The Morgan fingerprint density at radius 2 is 1.67 bits per heavy atom. The summed E-state index contributed by atoms with van der Waals surface area (Å²) in [6.07, 6.45) is 0. The van der Waals surface area contributed by atoms with Gasteiger partial charge in [0.25, 0.3) is 5.91 Å². The molecule has 0 aliphatic carbocycles. The van der Waals surface area contributed by atoms with Crippen LogP contribution in [-0.4, -0.2) is 18.0 Å². The van der Waals surface area contributed by atoms with Gasteiger partial charge in [0.1, 0.15) is 5.75 Å². The second-order valence-corrected chi connectivity index (χ2v) is 8.31. The molecule has 5 rings (SSSR count). The lowest BCUT2D eigenvalue weighted by Gasteiger charge is -2.08. The predicted octanol–water partition coefficient (Wildman–Crippen LogP) is 6.97. The van der Waals surface area contributed by atoms with Gasteiger partial charge in [-0.3, -0.25) is 4.79 Å². The molecule has 1 heterocycles. The smallest absolute Gasteiger partial charge is 0.256 e. The van der Waals surface area contributed by atoms with Crippen molar-refractivity contribution in [3.8, 4) is 17.0 Å². The lowest BCUT2D eigenvalue weighted by Crippen LogP contribution is -2.12. The molecule has 0 saturated heterocycles. The van der Waals surface area contributed by atoms with Gasteiger partial charge in [-0.25, -0.2) is 4.98 Å². The summed E-state index contributed by atoms with van der Waals surface area (Å²) in [6, 6.07) is 29.1. The Hall–Kier alpha value is -4.16. The van der Waals surface area contributed by atoms with E-state index in [1.807, 2.05) is 96.4 Å². The van der Waals surface area contributed by atoms with Crippen molar-refractivity contribution >= 4 is 44.5 Å². The molecule has 6 heteroatoms. The number of amides is 1. The van der Waals surface area contributed by atoms with E-state index in [-0.39, 0.29) is 5.91 Å². The highest BCUT2D eigenvalue weighted by Crippen LogP contribution is 2.29. The molecule has 0 atom stereocenters. The summed E-state index contributed by atoms with van der Waals surface area (Å²) < 4.78 is 5.27. The number of nitrogens with one attached hydrogen (secondary N) is 2. The molecule has 1 aromatic heterocycles. The summed E-state index contributed by atoms with van der Waals surface area (Å²) in [7, 11) is 1.65. The molecule has 0 spiro atoms. The van der Waals surface area contributed by atoms with E-state index in [1.54, 1.807) is 7.11 Å². The highest BCUT2D eigenvalue weighted by Gasteiger charge is 2.11. The van der Waals surface area contributed by atoms with E-state index in [9.17, 15) is 4.79 Å². The van der Waals surface area contributed by atoms with Crippen molar-refractivity contribution in [2.24, 2.45) is 0 Å². The van der Waals surface area contributed by atoms with Crippen molar-refractivity contribution in [3.63, 3.8) is 0 Å². The molecule has 2 N–H and O–H groups in total. The average molecular weight is 452 g/mol. The van der Waals surface area contributed by atoms with Gasteiger partial charge in [-0.2, -0.15) is 0 Å². The van der Waals surface area contributed by atoms with Crippen molar-refractivity contribution in [1.29, 1.82) is 0 Å². The summed E-state index contributed by atoms with van der Waals surface area (Å²) in [6.45, 7) is 0. The number of methoxy groups -OCH3 is 1. The van der Waals surface area contributed by atoms with Crippen LogP contribution in [-0.2, 0) is 0 Å². The molecule has 162 valence electrons. The number of hydrogen-bond acceptors (Lipinski definition) is 5. The Morgan fingerprint density at radius 1 is 0.879 bits per heavy atom. The summed E-state index contributed by atoms with van der Waals surface area (Å²) in [5.74, 6) is 0.663. The van der Waals surface area contributed by atoms with Gasteiger partial charge >= 0.3 is 0 Å². The minimum atomic E-state index is -0.127. The van der Waals surface area contributed by atoms with Crippen LogP contribution in [0.5, 0.6) is 5.75 Å². The quantitative estimate of drug-likeness (QED) is 0.293. The average Bonchev–Trinajstić information content (AvgIpc) is 3.32. The van der Waals surface area contributed by atoms with E-state index in [0.29, 0.717) is 5.56 Å². The van der Waals surface area contributed by atoms with Crippen LogP contribution >= 0.6 is 11.3 Å². The van der Waals surface area contributed by atoms with Crippen LogP contribution in [0.15, 0.2) is 96.4 Å². The van der Waals surface area contributed by atoms with E-state index < -0.39 is 0 Å². The van der Waals surface area contributed by atoms with Crippen LogP contribution in [0, 0.1) is 0 Å². The normalized spacial score (nSPS) is 10.7. The number of carbonyl (C=O) groups is 1. The Balaban J connectivity index is 1.29. The van der Waals surface area contributed by atoms with Gasteiger partial charge in [-0.05, 0) is 41.1 Å². The Morgan fingerprint density at radius 3 is 2.52 bits per heavy atom. The first-order valence-corrected chi connectivity index (χ1v) is 11.3. The number of fused-ring (bicyclic) bond motifs is 1. The summed E-state index contributed by atoms with van der Waals surface area (Å²) >= 11 is 1.53.